The second-order valence-electron chi connectivity index (χ2n) is 4.11. The van der Waals surface area contributed by atoms with Crippen LogP contribution in [-0.4, -0.2) is 36.4 Å². The summed E-state index contributed by atoms with van der Waals surface area (Å²) in [6.45, 7) is 0. The van der Waals surface area contributed by atoms with E-state index >= 15 is 0 Å². The number of urea groups is 1. The van der Waals surface area contributed by atoms with Gasteiger partial charge in [-0.2, -0.15) is 15.1 Å². The number of para-hydroxylation sites is 1. The van der Waals surface area contributed by atoms with Crippen molar-refractivity contribution in [3.63, 3.8) is 0 Å². The number of carbonyl (C=O) groups excluding carboxylic acids is 1. The van der Waals surface area contributed by atoms with Crippen LogP contribution in [0.2, 0.25) is 0 Å². The maximum atomic E-state index is 10.6. The molecule has 3 N–H and O–H groups in total. The van der Waals surface area contributed by atoms with Gasteiger partial charge in [-0.25, -0.2) is 10.2 Å². The molecule has 0 saturated heterocycles. The van der Waals surface area contributed by atoms with Crippen LogP contribution in [-0.2, 0) is 0 Å². The third-order valence-electron chi connectivity index (χ3n) is 2.58. The van der Waals surface area contributed by atoms with Crippen molar-refractivity contribution in [1.29, 1.82) is 0 Å². The first-order valence-electron chi connectivity index (χ1n) is 6.45. The predicted octanol–water partition coefficient (Wildman–Crippen LogP) is 1.29. The van der Waals surface area contributed by atoms with Crippen LogP contribution in [0.5, 0.6) is 23.5 Å². The Hall–Kier alpha value is -3.36. The van der Waals surface area contributed by atoms with Crippen LogP contribution in [0.4, 0.5) is 4.79 Å². The molecule has 0 atom stereocenters. The quantitative estimate of drug-likeness (QED) is 0.611. The lowest BCUT2D eigenvalue weighted by atomic mass is 10.2. The van der Waals surface area contributed by atoms with E-state index < -0.39 is 6.03 Å². The van der Waals surface area contributed by atoms with Crippen molar-refractivity contribution in [2.24, 2.45) is 10.8 Å². The molecule has 0 fully saturated rings. The first-order chi connectivity index (χ1) is 11.1. The second-order valence-corrected chi connectivity index (χ2v) is 4.11. The SMILES string of the molecule is COc1cc(OC)nc(Oc2ccccc2C=NNC(N)=O)n1. The summed E-state index contributed by atoms with van der Waals surface area (Å²) in [7, 11) is 2.95. The largest absolute Gasteiger partial charge is 0.481 e. The normalized spacial score (nSPS) is 10.3. The van der Waals surface area contributed by atoms with Crippen molar-refractivity contribution in [3.8, 4) is 23.5 Å². The van der Waals surface area contributed by atoms with Gasteiger partial charge in [-0.1, -0.05) is 12.1 Å². The van der Waals surface area contributed by atoms with E-state index in [4.69, 9.17) is 19.9 Å². The number of methoxy groups -OCH3 is 2. The summed E-state index contributed by atoms with van der Waals surface area (Å²) in [4.78, 5) is 18.8. The molecule has 0 aliphatic carbocycles. The summed E-state index contributed by atoms with van der Waals surface area (Å²) in [6, 6.07) is 7.79. The summed E-state index contributed by atoms with van der Waals surface area (Å²) in [6.07, 6.45) is 1.39. The molecule has 2 amide bonds. The molecule has 1 heterocycles. The van der Waals surface area contributed by atoms with Crippen LogP contribution in [0.1, 0.15) is 5.56 Å². The summed E-state index contributed by atoms with van der Waals surface area (Å²) >= 11 is 0. The van der Waals surface area contributed by atoms with Gasteiger partial charge < -0.3 is 19.9 Å². The Labute approximate surface area is 132 Å². The monoisotopic (exact) mass is 317 g/mol. The molecular formula is C14H15N5O4. The van der Waals surface area contributed by atoms with Crippen LogP contribution in [0, 0.1) is 0 Å². The fourth-order valence-electron chi connectivity index (χ4n) is 1.58. The number of nitrogens with two attached hydrogens (primary N) is 1. The Kier molecular flexibility index (Phi) is 5.29. The number of rotatable bonds is 6. The molecule has 2 aromatic rings. The van der Waals surface area contributed by atoms with Crippen LogP contribution in [0.3, 0.4) is 0 Å². The molecule has 0 aliphatic heterocycles. The second kappa shape index (κ2) is 7.59. The van der Waals surface area contributed by atoms with E-state index in [1.54, 1.807) is 24.3 Å². The molecule has 1 aromatic carbocycles. The van der Waals surface area contributed by atoms with Crippen LogP contribution in [0.25, 0.3) is 0 Å². The number of ether oxygens (including phenoxy) is 3. The van der Waals surface area contributed by atoms with E-state index in [2.05, 4.69) is 20.5 Å². The average molecular weight is 317 g/mol. The van der Waals surface area contributed by atoms with Crippen molar-refractivity contribution in [2.75, 3.05) is 14.2 Å². The van der Waals surface area contributed by atoms with E-state index in [0.29, 0.717) is 23.1 Å². The minimum absolute atomic E-state index is 0.0462. The number of benzene rings is 1. The number of hydrogen-bond donors (Lipinski definition) is 2. The first kappa shape index (κ1) is 16.0. The molecule has 23 heavy (non-hydrogen) atoms. The van der Waals surface area contributed by atoms with Gasteiger partial charge in [0.05, 0.1) is 26.5 Å². The molecule has 9 nitrogen and oxygen atoms in total. The highest BCUT2D eigenvalue weighted by atomic mass is 16.5. The molecule has 1 aromatic heterocycles. The molecule has 0 unspecified atom stereocenters. The predicted molar refractivity (Wildman–Crippen MR) is 82.0 cm³/mol. The molecule has 9 heteroatoms. The van der Waals surface area contributed by atoms with Crippen molar-refractivity contribution < 1.29 is 19.0 Å². The topological polar surface area (TPSA) is 121 Å². The molecule has 0 radical (unpaired) electrons. The maximum absolute atomic E-state index is 10.6. The van der Waals surface area contributed by atoms with Gasteiger partial charge in [0.1, 0.15) is 5.75 Å². The van der Waals surface area contributed by atoms with E-state index in [1.807, 2.05) is 0 Å². The highest BCUT2D eigenvalue weighted by Crippen LogP contribution is 2.25. The van der Waals surface area contributed by atoms with Crippen LogP contribution < -0.4 is 25.4 Å². The Bertz CT molecular complexity index is 698. The molecule has 0 bridgehead atoms. The zero-order valence-corrected chi connectivity index (χ0v) is 12.5. The maximum Gasteiger partial charge on any atom is 0.332 e. The van der Waals surface area contributed by atoms with Gasteiger partial charge in [0, 0.05) is 5.56 Å². The minimum Gasteiger partial charge on any atom is -0.481 e. The highest BCUT2D eigenvalue weighted by Gasteiger charge is 2.09. The van der Waals surface area contributed by atoms with Gasteiger partial charge in [0.25, 0.3) is 0 Å². The standard InChI is InChI=1S/C14H15N5O4/c1-21-11-7-12(22-2)18-14(17-11)23-10-6-4-3-5-9(10)8-16-19-13(15)20/h3-8H,1-2H3,(H3,15,19,20). The zero-order chi connectivity index (χ0) is 16.7. The van der Waals surface area contributed by atoms with Gasteiger partial charge in [0.15, 0.2) is 0 Å². The van der Waals surface area contributed by atoms with Gasteiger partial charge >= 0.3 is 12.0 Å². The van der Waals surface area contributed by atoms with Gasteiger partial charge in [0.2, 0.25) is 11.8 Å². The number of amides is 2. The number of hydrogen-bond acceptors (Lipinski definition) is 7. The third-order valence-corrected chi connectivity index (χ3v) is 2.58. The molecule has 2 rings (SSSR count). The van der Waals surface area contributed by atoms with Crippen LogP contribution in [0.15, 0.2) is 35.4 Å². The van der Waals surface area contributed by atoms with E-state index in [-0.39, 0.29) is 6.01 Å². The van der Waals surface area contributed by atoms with E-state index in [0.717, 1.165) is 0 Å². The van der Waals surface area contributed by atoms with Crippen molar-refractivity contribution in [2.45, 2.75) is 0 Å². The molecule has 0 aliphatic rings. The number of carbonyl (C=O) groups is 1. The summed E-state index contributed by atoms with van der Waals surface area (Å²) < 4.78 is 15.8. The lowest BCUT2D eigenvalue weighted by Gasteiger charge is -2.09. The van der Waals surface area contributed by atoms with Gasteiger partial charge in [-0.05, 0) is 12.1 Å². The summed E-state index contributed by atoms with van der Waals surface area (Å²) in [5.74, 6) is 1.03. The Morgan fingerprint density at radius 3 is 2.48 bits per heavy atom. The Morgan fingerprint density at radius 1 is 1.22 bits per heavy atom. The molecule has 0 saturated carbocycles. The third kappa shape index (κ3) is 4.56. The Morgan fingerprint density at radius 2 is 1.87 bits per heavy atom. The van der Waals surface area contributed by atoms with Crippen molar-refractivity contribution >= 4 is 12.2 Å². The minimum atomic E-state index is -0.763. The fourth-order valence-corrected chi connectivity index (χ4v) is 1.58. The van der Waals surface area contributed by atoms with E-state index in [9.17, 15) is 4.79 Å². The zero-order valence-electron chi connectivity index (χ0n) is 12.5. The van der Waals surface area contributed by atoms with Gasteiger partial charge in [-0.15, -0.1) is 0 Å². The fraction of sp³-hybridized carbons (Fsp3) is 0.143. The Balaban J connectivity index is 2.26. The number of nitrogens with one attached hydrogen (secondary N) is 1. The lowest BCUT2D eigenvalue weighted by molar-refractivity contribution is 0.249. The van der Waals surface area contributed by atoms with E-state index in [1.165, 1.54) is 26.5 Å². The number of aromatic nitrogens is 2. The lowest BCUT2D eigenvalue weighted by Crippen LogP contribution is -2.24. The number of hydrazone groups is 1. The molecule has 0 spiro atoms. The average Bonchev–Trinajstić information content (AvgIpc) is 2.55. The van der Waals surface area contributed by atoms with Crippen molar-refractivity contribution in [1.82, 2.24) is 15.4 Å². The number of nitrogens with zero attached hydrogens (tertiary/aromatic N) is 3. The molecule has 120 valence electrons. The highest BCUT2D eigenvalue weighted by molar-refractivity contribution is 5.84. The summed E-state index contributed by atoms with van der Waals surface area (Å²) in [5.41, 5.74) is 7.63. The molecular weight excluding hydrogens is 302 g/mol. The smallest absolute Gasteiger partial charge is 0.332 e. The van der Waals surface area contributed by atoms with Crippen LogP contribution >= 0.6 is 0 Å². The number of primary amides is 1. The summed E-state index contributed by atoms with van der Waals surface area (Å²) in [5, 5.41) is 3.69. The van der Waals surface area contributed by atoms with Gasteiger partial charge in [-0.3, -0.25) is 0 Å². The first-order valence-corrected chi connectivity index (χ1v) is 6.45. The van der Waals surface area contributed by atoms with Crippen molar-refractivity contribution in [3.05, 3.63) is 35.9 Å².